The van der Waals surface area contributed by atoms with Crippen molar-refractivity contribution in [3.63, 3.8) is 0 Å². The molecule has 2 fully saturated rings. The van der Waals surface area contributed by atoms with E-state index in [4.69, 9.17) is 0 Å². The third-order valence-electron chi connectivity index (χ3n) is 3.77. The minimum Gasteiger partial charge on any atom is -0.341 e. The van der Waals surface area contributed by atoms with Crippen LogP contribution < -0.4 is 5.43 Å². The zero-order chi connectivity index (χ0) is 12.1. The third-order valence-corrected chi connectivity index (χ3v) is 3.77. The van der Waals surface area contributed by atoms with Crippen molar-refractivity contribution in [3.05, 3.63) is 0 Å². The normalized spacial score (nSPS) is 24.6. The maximum absolute atomic E-state index is 12.2. The topological polar surface area (TPSA) is 35.6 Å². The van der Waals surface area contributed by atoms with Crippen molar-refractivity contribution >= 4 is 5.91 Å². The minimum absolute atomic E-state index is 0.0637. The third kappa shape index (κ3) is 3.68. The lowest BCUT2D eigenvalue weighted by Crippen LogP contribution is -2.53. The van der Waals surface area contributed by atoms with Crippen LogP contribution in [0.2, 0.25) is 0 Å². The first-order valence-corrected chi connectivity index (χ1v) is 7.07. The minimum atomic E-state index is -0.0637. The molecular weight excluding hydrogens is 214 g/mol. The van der Waals surface area contributed by atoms with E-state index >= 15 is 0 Å². The molecule has 2 aliphatic heterocycles. The first-order valence-electron chi connectivity index (χ1n) is 7.07. The molecule has 0 aromatic carbocycles. The van der Waals surface area contributed by atoms with Crippen LogP contribution in [0.15, 0.2) is 0 Å². The van der Waals surface area contributed by atoms with E-state index in [0.717, 1.165) is 26.2 Å². The van der Waals surface area contributed by atoms with E-state index in [1.165, 1.54) is 38.5 Å². The van der Waals surface area contributed by atoms with Crippen LogP contribution in [0, 0.1) is 0 Å². The van der Waals surface area contributed by atoms with Crippen molar-refractivity contribution in [1.29, 1.82) is 0 Å². The van der Waals surface area contributed by atoms with E-state index in [1.807, 2.05) is 11.8 Å². The van der Waals surface area contributed by atoms with Gasteiger partial charge in [-0.1, -0.05) is 6.42 Å². The molecule has 2 saturated heterocycles. The van der Waals surface area contributed by atoms with Gasteiger partial charge in [-0.2, -0.15) is 0 Å². The van der Waals surface area contributed by atoms with Crippen LogP contribution >= 0.6 is 0 Å². The van der Waals surface area contributed by atoms with E-state index in [1.54, 1.807) is 0 Å². The Labute approximate surface area is 104 Å². The van der Waals surface area contributed by atoms with Crippen LogP contribution in [0.4, 0.5) is 0 Å². The zero-order valence-corrected chi connectivity index (χ0v) is 11.0. The quantitative estimate of drug-likeness (QED) is 0.808. The predicted molar refractivity (Wildman–Crippen MR) is 68.5 cm³/mol. The highest BCUT2D eigenvalue weighted by Gasteiger charge is 2.23. The van der Waals surface area contributed by atoms with Crippen molar-refractivity contribution in [3.8, 4) is 0 Å². The average Bonchev–Trinajstić information content (AvgIpc) is 2.40. The first kappa shape index (κ1) is 12.8. The number of rotatable bonds is 3. The van der Waals surface area contributed by atoms with E-state index in [2.05, 4.69) is 10.4 Å². The standard InChI is InChI=1S/C13H25N3O/c1-12(14-16-10-6-3-7-11-16)13(17)15-8-4-2-5-9-15/h12,14H,2-11H2,1H3. The number of piperidine rings is 2. The number of hydrazine groups is 1. The van der Waals surface area contributed by atoms with Crippen LogP contribution in [0.5, 0.6) is 0 Å². The molecule has 17 heavy (non-hydrogen) atoms. The molecule has 1 unspecified atom stereocenters. The fraction of sp³-hybridized carbons (Fsp3) is 0.923. The predicted octanol–water partition coefficient (Wildman–Crippen LogP) is 1.38. The average molecular weight is 239 g/mol. The second kappa shape index (κ2) is 6.36. The molecular formula is C13H25N3O. The fourth-order valence-electron chi connectivity index (χ4n) is 2.74. The van der Waals surface area contributed by atoms with Gasteiger partial charge < -0.3 is 4.90 Å². The molecule has 2 aliphatic rings. The van der Waals surface area contributed by atoms with Gasteiger partial charge in [0.2, 0.25) is 5.91 Å². The highest BCUT2D eigenvalue weighted by Crippen LogP contribution is 2.11. The van der Waals surface area contributed by atoms with E-state index in [-0.39, 0.29) is 11.9 Å². The summed E-state index contributed by atoms with van der Waals surface area (Å²) in [5, 5.41) is 2.22. The van der Waals surface area contributed by atoms with Crippen molar-refractivity contribution in [2.24, 2.45) is 0 Å². The Morgan fingerprint density at radius 3 is 2.06 bits per heavy atom. The van der Waals surface area contributed by atoms with Gasteiger partial charge in [-0.05, 0) is 39.0 Å². The summed E-state index contributed by atoms with van der Waals surface area (Å²) in [4.78, 5) is 14.2. The molecule has 2 heterocycles. The Morgan fingerprint density at radius 2 is 1.47 bits per heavy atom. The maximum Gasteiger partial charge on any atom is 0.240 e. The number of nitrogens with one attached hydrogen (secondary N) is 1. The summed E-state index contributed by atoms with van der Waals surface area (Å²) in [7, 11) is 0. The molecule has 0 spiro atoms. The van der Waals surface area contributed by atoms with Gasteiger partial charge in [0, 0.05) is 26.2 Å². The van der Waals surface area contributed by atoms with E-state index in [9.17, 15) is 4.79 Å². The summed E-state index contributed by atoms with van der Waals surface area (Å²) in [5.41, 5.74) is 3.36. The molecule has 0 radical (unpaired) electrons. The molecule has 0 aromatic rings. The number of nitrogens with zero attached hydrogens (tertiary/aromatic N) is 2. The van der Waals surface area contributed by atoms with Gasteiger partial charge in [0.25, 0.3) is 0 Å². The van der Waals surface area contributed by atoms with Crippen molar-refractivity contribution in [2.45, 2.75) is 51.5 Å². The summed E-state index contributed by atoms with van der Waals surface area (Å²) < 4.78 is 0. The summed E-state index contributed by atoms with van der Waals surface area (Å²) in [6, 6.07) is -0.0637. The number of carbonyl (C=O) groups excluding carboxylic acids is 1. The van der Waals surface area contributed by atoms with Crippen LogP contribution in [0.3, 0.4) is 0 Å². The summed E-state index contributed by atoms with van der Waals surface area (Å²) in [6.07, 6.45) is 7.43. The molecule has 1 amide bonds. The molecule has 0 saturated carbocycles. The van der Waals surface area contributed by atoms with Gasteiger partial charge in [0.15, 0.2) is 0 Å². The largest absolute Gasteiger partial charge is 0.341 e. The van der Waals surface area contributed by atoms with E-state index < -0.39 is 0 Å². The number of hydrogen-bond donors (Lipinski definition) is 1. The maximum atomic E-state index is 12.2. The van der Waals surface area contributed by atoms with Crippen molar-refractivity contribution < 1.29 is 4.79 Å². The number of amides is 1. The van der Waals surface area contributed by atoms with Gasteiger partial charge in [0.05, 0.1) is 6.04 Å². The summed E-state index contributed by atoms with van der Waals surface area (Å²) in [6.45, 7) is 6.05. The second-order valence-corrected chi connectivity index (χ2v) is 5.28. The van der Waals surface area contributed by atoms with Gasteiger partial charge in [-0.15, -0.1) is 0 Å². The van der Waals surface area contributed by atoms with Crippen molar-refractivity contribution in [2.75, 3.05) is 26.2 Å². The van der Waals surface area contributed by atoms with Crippen LogP contribution in [-0.4, -0.2) is 48.0 Å². The molecule has 1 atom stereocenters. The Morgan fingerprint density at radius 1 is 0.941 bits per heavy atom. The molecule has 4 nitrogen and oxygen atoms in total. The van der Waals surface area contributed by atoms with Gasteiger partial charge in [-0.25, -0.2) is 10.4 Å². The lowest BCUT2D eigenvalue weighted by Gasteiger charge is -2.33. The SMILES string of the molecule is CC(NN1CCCCC1)C(=O)N1CCCCC1. The summed E-state index contributed by atoms with van der Waals surface area (Å²) in [5.74, 6) is 0.273. The second-order valence-electron chi connectivity index (χ2n) is 5.28. The molecule has 0 aromatic heterocycles. The Bertz CT molecular complexity index is 245. The monoisotopic (exact) mass is 239 g/mol. The Kier molecular flexibility index (Phi) is 4.80. The smallest absolute Gasteiger partial charge is 0.240 e. The zero-order valence-electron chi connectivity index (χ0n) is 11.0. The number of carbonyl (C=O) groups is 1. The van der Waals surface area contributed by atoms with E-state index in [0.29, 0.717) is 0 Å². The molecule has 4 heteroatoms. The lowest BCUT2D eigenvalue weighted by molar-refractivity contribution is -0.135. The first-order chi connectivity index (χ1) is 8.27. The highest BCUT2D eigenvalue weighted by molar-refractivity contribution is 5.81. The van der Waals surface area contributed by atoms with Crippen LogP contribution in [-0.2, 0) is 4.79 Å². The lowest BCUT2D eigenvalue weighted by atomic mass is 10.1. The number of likely N-dealkylation sites (tertiary alicyclic amines) is 1. The molecule has 98 valence electrons. The van der Waals surface area contributed by atoms with Gasteiger partial charge in [0.1, 0.15) is 0 Å². The fourth-order valence-corrected chi connectivity index (χ4v) is 2.74. The van der Waals surface area contributed by atoms with Crippen LogP contribution in [0.25, 0.3) is 0 Å². The Balaban J connectivity index is 1.77. The molecule has 1 N–H and O–H groups in total. The molecule has 0 aliphatic carbocycles. The summed E-state index contributed by atoms with van der Waals surface area (Å²) >= 11 is 0. The Hall–Kier alpha value is -0.610. The van der Waals surface area contributed by atoms with Crippen LogP contribution in [0.1, 0.15) is 45.4 Å². The highest BCUT2D eigenvalue weighted by atomic mass is 16.2. The molecule has 0 bridgehead atoms. The number of hydrogen-bond acceptors (Lipinski definition) is 3. The van der Waals surface area contributed by atoms with Crippen molar-refractivity contribution in [1.82, 2.24) is 15.3 Å². The van der Waals surface area contributed by atoms with Gasteiger partial charge in [-0.3, -0.25) is 4.79 Å². The van der Waals surface area contributed by atoms with Gasteiger partial charge >= 0.3 is 0 Å². The molecule has 2 rings (SSSR count).